The van der Waals surface area contributed by atoms with Crippen LogP contribution in [0.4, 0.5) is 0 Å². The molecule has 20 heavy (non-hydrogen) atoms. The van der Waals surface area contributed by atoms with Crippen LogP contribution < -0.4 is 10.1 Å². The SMILES string of the molecule is COc1ccc(C)cc1CN[C@@H](C)c1ccccc1C. The van der Waals surface area contributed by atoms with Gasteiger partial charge in [-0.25, -0.2) is 0 Å². The van der Waals surface area contributed by atoms with Gasteiger partial charge in [-0.05, 0) is 38.0 Å². The van der Waals surface area contributed by atoms with Crippen molar-refractivity contribution < 1.29 is 4.74 Å². The number of rotatable bonds is 5. The molecule has 1 atom stereocenters. The summed E-state index contributed by atoms with van der Waals surface area (Å²) < 4.78 is 5.42. The fraction of sp³-hybridized carbons (Fsp3) is 0.333. The van der Waals surface area contributed by atoms with Crippen molar-refractivity contribution >= 4 is 0 Å². The van der Waals surface area contributed by atoms with Gasteiger partial charge in [0.2, 0.25) is 0 Å². The van der Waals surface area contributed by atoms with Gasteiger partial charge in [-0.15, -0.1) is 0 Å². The molecule has 106 valence electrons. The smallest absolute Gasteiger partial charge is 0.123 e. The van der Waals surface area contributed by atoms with Crippen molar-refractivity contribution in [2.75, 3.05) is 7.11 Å². The highest BCUT2D eigenvalue weighted by molar-refractivity contribution is 5.37. The van der Waals surface area contributed by atoms with Crippen molar-refractivity contribution in [3.63, 3.8) is 0 Å². The third kappa shape index (κ3) is 3.40. The summed E-state index contributed by atoms with van der Waals surface area (Å²) in [6.07, 6.45) is 0. The van der Waals surface area contributed by atoms with E-state index in [1.807, 2.05) is 6.07 Å². The van der Waals surface area contributed by atoms with E-state index in [0.717, 1.165) is 12.3 Å². The predicted octanol–water partition coefficient (Wildman–Crippen LogP) is 4.16. The number of aryl methyl sites for hydroxylation is 2. The molecule has 0 aliphatic carbocycles. The first kappa shape index (κ1) is 14.6. The highest BCUT2D eigenvalue weighted by atomic mass is 16.5. The number of hydrogen-bond donors (Lipinski definition) is 1. The molecule has 0 aliphatic rings. The predicted molar refractivity (Wildman–Crippen MR) is 84.2 cm³/mol. The summed E-state index contributed by atoms with van der Waals surface area (Å²) in [6.45, 7) is 7.26. The average molecular weight is 269 g/mol. The summed E-state index contributed by atoms with van der Waals surface area (Å²) in [5.74, 6) is 0.945. The molecule has 2 aromatic rings. The molecular weight excluding hydrogens is 246 g/mol. The Kier molecular flexibility index (Phi) is 4.80. The largest absolute Gasteiger partial charge is 0.496 e. The van der Waals surface area contributed by atoms with Gasteiger partial charge in [-0.3, -0.25) is 0 Å². The molecule has 2 rings (SSSR count). The highest BCUT2D eigenvalue weighted by Gasteiger charge is 2.09. The van der Waals surface area contributed by atoms with Crippen LogP contribution in [0.1, 0.15) is 35.2 Å². The maximum atomic E-state index is 5.42. The van der Waals surface area contributed by atoms with Gasteiger partial charge in [0, 0.05) is 18.2 Å². The monoisotopic (exact) mass is 269 g/mol. The third-order valence-corrected chi connectivity index (χ3v) is 3.69. The van der Waals surface area contributed by atoms with Crippen LogP contribution in [0.15, 0.2) is 42.5 Å². The molecule has 0 aromatic heterocycles. The van der Waals surface area contributed by atoms with Gasteiger partial charge in [-0.2, -0.15) is 0 Å². The Labute approximate surface area is 121 Å². The molecule has 0 radical (unpaired) electrons. The molecule has 2 heteroatoms. The van der Waals surface area contributed by atoms with Crippen LogP contribution in [0.25, 0.3) is 0 Å². The van der Waals surface area contributed by atoms with E-state index in [0.29, 0.717) is 6.04 Å². The van der Waals surface area contributed by atoms with E-state index in [1.165, 1.54) is 22.3 Å². The first-order chi connectivity index (χ1) is 9.61. The molecule has 0 bridgehead atoms. The van der Waals surface area contributed by atoms with Crippen LogP contribution in [0.2, 0.25) is 0 Å². The topological polar surface area (TPSA) is 21.3 Å². The van der Waals surface area contributed by atoms with Crippen LogP contribution in [0.3, 0.4) is 0 Å². The second kappa shape index (κ2) is 6.58. The van der Waals surface area contributed by atoms with Gasteiger partial charge in [-0.1, -0.05) is 42.0 Å². The molecule has 0 fully saturated rings. The van der Waals surface area contributed by atoms with Crippen molar-refractivity contribution in [3.8, 4) is 5.75 Å². The first-order valence-electron chi connectivity index (χ1n) is 7.04. The van der Waals surface area contributed by atoms with Gasteiger partial charge in [0.15, 0.2) is 0 Å². The van der Waals surface area contributed by atoms with E-state index in [4.69, 9.17) is 4.74 Å². The Morgan fingerprint density at radius 2 is 1.85 bits per heavy atom. The lowest BCUT2D eigenvalue weighted by Crippen LogP contribution is -2.19. The quantitative estimate of drug-likeness (QED) is 0.880. The number of nitrogens with one attached hydrogen (secondary N) is 1. The van der Waals surface area contributed by atoms with E-state index in [2.05, 4.69) is 62.5 Å². The number of hydrogen-bond acceptors (Lipinski definition) is 2. The van der Waals surface area contributed by atoms with E-state index in [9.17, 15) is 0 Å². The molecule has 0 saturated heterocycles. The normalized spacial score (nSPS) is 12.2. The molecule has 0 heterocycles. The molecule has 2 aromatic carbocycles. The average Bonchev–Trinajstić information content (AvgIpc) is 2.45. The van der Waals surface area contributed by atoms with Crippen LogP contribution >= 0.6 is 0 Å². The Morgan fingerprint density at radius 3 is 2.55 bits per heavy atom. The summed E-state index contributed by atoms with van der Waals surface area (Å²) >= 11 is 0. The minimum atomic E-state index is 0.321. The first-order valence-corrected chi connectivity index (χ1v) is 7.04. The lowest BCUT2D eigenvalue weighted by atomic mass is 10.0. The van der Waals surface area contributed by atoms with E-state index in [1.54, 1.807) is 7.11 Å². The van der Waals surface area contributed by atoms with Crippen molar-refractivity contribution in [3.05, 3.63) is 64.7 Å². The summed E-state index contributed by atoms with van der Waals surface area (Å²) in [6, 6.07) is 15.1. The fourth-order valence-electron chi connectivity index (χ4n) is 2.49. The summed E-state index contributed by atoms with van der Waals surface area (Å²) in [5, 5.41) is 3.58. The van der Waals surface area contributed by atoms with E-state index >= 15 is 0 Å². The lowest BCUT2D eigenvalue weighted by molar-refractivity contribution is 0.406. The number of ether oxygens (including phenoxy) is 1. The maximum absolute atomic E-state index is 5.42. The standard InChI is InChI=1S/C18H23NO/c1-13-9-10-18(20-4)16(11-13)12-19-15(3)17-8-6-5-7-14(17)2/h5-11,15,19H,12H2,1-4H3/t15-/m0/s1. The van der Waals surface area contributed by atoms with Crippen molar-refractivity contribution in [1.82, 2.24) is 5.32 Å². The zero-order valence-corrected chi connectivity index (χ0v) is 12.7. The van der Waals surface area contributed by atoms with E-state index in [-0.39, 0.29) is 0 Å². The molecular formula is C18H23NO. The van der Waals surface area contributed by atoms with Gasteiger partial charge >= 0.3 is 0 Å². The minimum Gasteiger partial charge on any atom is -0.496 e. The minimum absolute atomic E-state index is 0.321. The molecule has 0 amide bonds. The van der Waals surface area contributed by atoms with E-state index < -0.39 is 0 Å². The molecule has 2 nitrogen and oxygen atoms in total. The van der Waals surface area contributed by atoms with Crippen LogP contribution in [0, 0.1) is 13.8 Å². The number of benzene rings is 2. The Balaban J connectivity index is 2.09. The zero-order valence-electron chi connectivity index (χ0n) is 12.7. The zero-order chi connectivity index (χ0) is 14.5. The fourth-order valence-corrected chi connectivity index (χ4v) is 2.49. The lowest BCUT2D eigenvalue weighted by Gasteiger charge is -2.18. The molecule has 0 saturated carbocycles. The Hall–Kier alpha value is -1.80. The molecule has 0 aliphatic heterocycles. The summed E-state index contributed by atoms with van der Waals surface area (Å²) in [5.41, 5.74) is 5.13. The van der Waals surface area contributed by atoms with Crippen LogP contribution in [0.5, 0.6) is 5.75 Å². The highest BCUT2D eigenvalue weighted by Crippen LogP contribution is 2.22. The van der Waals surface area contributed by atoms with Crippen molar-refractivity contribution in [2.24, 2.45) is 0 Å². The third-order valence-electron chi connectivity index (χ3n) is 3.69. The van der Waals surface area contributed by atoms with Gasteiger partial charge in [0.05, 0.1) is 7.11 Å². The maximum Gasteiger partial charge on any atom is 0.123 e. The van der Waals surface area contributed by atoms with Crippen LogP contribution in [-0.2, 0) is 6.54 Å². The summed E-state index contributed by atoms with van der Waals surface area (Å²) in [4.78, 5) is 0. The van der Waals surface area contributed by atoms with Crippen molar-refractivity contribution in [2.45, 2.75) is 33.4 Å². The second-order valence-electron chi connectivity index (χ2n) is 5.27. The second-order valence-corrected chi connectivity index (χ2v) is 5.27. The Morgan fingerprint density at radius 1 is 1.10 bits per heavy atom. The summed E-state index contributed by atoms with van der Waals surface area (Å²) in [7, 11) is 1.72. The van der Waals surface area contributed by atoms with Gasteiger partial charge in [0.25, 0.3) is 0 Å². The molecule has 0 unspecified atom stereocenters. The molecule has 0 spiro atoms. The number of methoxy groups -OCH3 is 1. The van der Waals surface area contributed by atoms with Crippen molar-refractivity contribution in [1.29, 1.82) is 0 Å². The van der Waals surface area contributed by atoms with Gasteiger partial charge < -0.3 is 10.1 Å². The molecule has 1 N–H and O–H groups in total. The van der Waals surface area contributed by atoms with Crippen LogP contribution in [-0.4, -0.2) is 7.11 Å². The van der Waals surface area contributed by atoms with Gasteiger partial charge in [0.1, 0.15) is 5.75 Å². The Bertz CT molecular complexity index is 577.